The van der Waals surface area contributed by atoms with Crippen molar-refractivity contribution in [1.29, 1.82) is 0 Å². The number of alkyl halides is 2. The molecule has 0 radical (unpaired) electrons. The Hall–Kier alpha value is -3.23. The third-order valence-corrected chi connectivity index (χ3v) is 3.08. The maximum atomic E-state index is 12.0. The van der Waals surface area contributed by atoms with Crippen LogP contribution in [0.5, 0.6) is 5.75 Å². The van der Waals surface area contributed by atoms with Crippen LogP contribution in [0, 0.1) is 0 Å². The second-order valence-electron chi connectivity index (χ2n) is 4.86. The summed E-state index contributed by atoms with van der Waals surface area (Å²) < 4.78 is 34.6. The van der Waals surface area contributed by atoms with Gasteiger partial charge < -0.3 is 14.0 Å². The van der Waals surface area contributed by atoms with Crippen molar-refractivity contribution >= 4 is 17.8 Å². The number of aryl methyl sites for hydroxylation is 1. The summed E-state index contributed by atoms with van der Waals surface area (Å²) in [7, 11) is 1.64. The Labute approximate surface area is 141 Å². The van der Waals surface area contributed by atoms with Crippen molar-refractivity contribution in [3.05, 3.63) is 53.9 Å². The number of hydrogen-bond acceptors (Lipinski definition) is 5. The van der Waals surface area contributed by atoms with Crippen molar-refractivity contribution in [3.63, 3.8) is 0 Å². The highest BCUT2D eigenvalue weighted by Crippen LogP contribution is 2.14. The zero-order valence-corrected chi connectivity index (χ0v) is 13.1. The molecule has 0 atom stereocenters. The van der Waals surface area contributed by atoms with Gasteiger partial charge in [0.25, 0.3) is 11.8 Å². The minimum Gasteiger partial charge on any atom is -0.451 e. The molecule has 2 aromatic rings. The van der Waals surface area contributed by atoms with Crippen LogP contribution in [0.15, 0.2) is 42.6 Å². The van der Waals surface area contributed by atoms with Crippen LogP contribution in [-0.4, -0.2) is 35.6 Å². The van der Waals surface area contributed by atoms with Crippen LogP contribution < -0.4 is 10.1 Å². The highest BCUT2D eigenvalue weighted by Gasteiger charge is 2.15. The van der Waals surface area contributed by atoms with Gasteiger partial charge in [0.15, 0.2) is 6.61 Å². The Morgan fingerprint density at radius 1 is 1.16 bits per heavy atom. The summed E-state index contributed by atoms with van der Waals surface area (Å²) in [6.45, 7) is -3.61. The molecule has 0 aliphatic carbocycles. The minimum absolute atomic E-state index is 0.0590. The fourth-order valence-electron chi connectivity index (χ4n) is 1.90. The average molecular weight is 352 g/mol. The molecule has 25 heavy (non-hydrogen) atoms. The molecular weight excluding hydrogens is 338 g/mol. The zero-order chi connectivity index (χ0) is 18.4. The normalized spacial score (nSPS) is 10.4. The smallest absolute Gasteiger partial charge is 0.387 e. The Bertz CT molecular complexity index is 771. The third-order valence-electron chi connectivity index (χ3n) is 3.08. The Morgan fingerprint density at radius 3 is 2.40 bits per heavy atom. The summed E-state index contributed by atoms with van der Waals surface area (Å²) in [4.78, 5) is 35.2. The summed E-state index contributed by atoms with van der Waals surface area (Å²) >= 11 is 0. The summed E-state index contributed by atoms with van der Waals surface area (Å²) in [5.41, 5.74) is 0.317. The number of nitrogens with zero attached hydrogens (tertiary/aromatic N) is 1. The van der Waals surface area contributed by atoms with Crippen LogP contribution in [0.2, 0.25) is 0 Å². The Kier molecular flexibility index (Phi) is 5.83. The van der Waals surface area contributed by atoms with E-state index in [9.17, 15) is 23.2 Å². The van der Waals surface area contributed by atoms with E-state index in [0.29, 0.717) is 0 Å². The van der Waals surface area contributed by atoms with E-state index in [1.165, 1.54) is 34.9 Å². The molecular formula is C16H14F2N2O5. The Morgan fingerprint density at radius 2 is 1.84 bits per heavy atom. The molecule has 0 aliphatic rings. The van der Waals surface area contributed by atoms with Gasteiger partial charge >= 0.3 is 12.6 Å². The fraction of sp³-hybridized carbons (Fsp3) is 0.188. The van der Waals surface area contributed by atoms with Gasteiger partial charge in [0, 0.05) is 18.8 Å². The van der Waals surface area contributed by atoms with Gasteiger partial charge in [-0.3, -0.25) is 14.9 Å². The Balaban J connectivity index is 1.84. The number of esters is 1. The molecule has 1 heterocycles. The highest BCUT2D eigenvalue weighted by molar-refractivity contribution is 6.05. The summed E-state index contributed by atoms with van der Waals surface area (Å²) in [5.74, 6) is -2.40. The van der Waals surface area contributed by atoms with Gasteiger partial charge in [-0.2, -0.15) is 8.78 Å². The molecule has 0 saturated carbocycles. The van der Waals surface area contributed by atoms with Crippen LogP contribution in [-0.2, 0) is 16.6 Å². The van der Waals surface area contributed by atoms with E-state index < -0.39 is 31.0 Å². The van der Waals surface area contributed by atoms with E-state index in [1.54, 1.807) is 19.3 Å². The van der Waals surface area contributed by atoms with E-state index in [1.807, 2.05) is 5.32 Å². The molecule has 2 rings (SSSR count). The average Bonchev–Trinajstić information content (AvgIpc) is 2.99. The second-order valence-corrected chi connectivity index (χ2v) is 4.86. The van der Waals surface area contributed by atoms with Crippen molar-refractivity contribution in [2.75, 3.05) is 6.61 Å². The van der Waals surface area contributed by atoms with E-state index in [2.05, 4.69) is 4.74 Å². The predicted molar refractivity (Wildman–Crippen MR) is 81.2 cm³/mol. The minimum atomic E-state index is -2.97. The molecule has 0 aliphatic heterocycles. The molecule has 0 bridgehead atoms. The molecule has 0 spiro atoms. The van der Waals surface area contributed by atoms with Crippen molar-refractivity contribution in [1.82, 2.24) is 9.88 Å². The predicted octanol–water partition coefficient (Wildman–Crippen LogP) is 1.74. The monoisotopic (exact) mass is 352 g/mol. The lowest BCUT2D eigenvalue weighted by Gasteiger charge is -2.07. The molecule has 7 nitrogen and oxygen atoms in total. The lowest BCUT2D eigenvalue weighted by molar-refractivity contribution is -0.123. The molecule has 0 fully saturated rings. The third kappa shape index (κ3) is 5.13. The molecule has 2 amide bonds. The summed E-state index contributed by atoms with van der Waals surface area (Å²) in [6, 6.07) is 7.94. The molecule has 1 aromatic heterocycles. The highest BCUT2D eigenvalue weighted by atomic mass is 19.3. The molecule has 9 heteroatoms. The van der Waals surface area contributed by atoms with Gasteiger partial charge in [-0.15, -0.1) is 0 Å². The zero-order valence-electron chi connectivity index (χ0n) is 13.1. The first kappa shape index (κ1) is 18.1. The standard InChI is InChI=1S/C16H14F2N2O5/c1-20-8-2-3-12(20)15(23)24-9-13(21)19-14(22)10-4-6-11(7-5-10)25-16(17)18/h2-8,16H,9H2,1H3,(H,19,21,22). The number of carbonyl (C=O) groups is 3. The van der Waals surface area contributed by atoms with E-state index >= 15 is 0 Å². The van der Waals surface area contributed by atoms with Gasteiger partial charge in [-0.1, -0.05) is 0 Å². The number of hydrogen-bond donors (Lipinski definition) is 1. The first-order chi connectivity index (χ1) is 11.9. The number of imide groups is 1. The largest absolute Gasteiger partial charge is 0.451 e. The second kappa shape index (κ2) is 8.04. The number of carbonyl (C=O) groups excluding carboxylic acids is 3. The van der Waals surface area contributed by atoms with Gasteiger partial charge in [-0.05, 0) is 36.4 Å². The van der Waals surface area contributed by atoms with Crippen LogP contribution in [0.3, 0.4) is 0 Å². The van der Waals surface area contributed by atoms with Gasteiger partial charge in [0.2, 0.25) is 0 Å². The SMILES string of the molecule is Cn1cccc1C(=O)OCC(=O)NC(=O)c1ccc(OC(F)F)cc1. The van der Waals surface area contributed by atoms with Crippen LogP contribution in [0.1, 0.15) is 20.8 Å². The number of benzene rings is 1. The summed E-state index contributed by atoms with van der Waals surface area (Å²) in [6.07, 6.45) is 1.64. The van der Waals surface area contributed by atoms with Crippen molar-refractivity contribution in [2.45, 2.75) is 6.61 Å². The summed E-state index contributed by atoms with van der Waals surface area (Å²) in [5, 5.41) is 2.02. The van der Waals surface area contributed by atoms with Crippen LogP contribution >= 0.6 is 0 Å². The number of nitrogens with one attached hydrogen (secondary N) is 1. The molecule has 1 aromatic carbocycles. The molecule has 0 saturated heterocycles. The van der Waals surface area contributed by atoms with Crippen LogP contribution in [0.4, 0.5) is 8.78 Å². The first-order valence-electron chi connectivity index (χ1n) is 7.04. The first-order valence-corrected chi connectivity index (χ1v) is 7.04. The van der Waals surface area contributed by atoms with E-state index in [-0.39, 0.29) is 17.0 Å². The maximum Gasteiger partial charge on any atom is 0.387 e. The number of rotatable bonds is 6. The molecule has 0 unspecified atom stereocenters. The van der Waals surface area contributed by atoms with Crippen molar-refractivity contribution in [3.8, 4) is 5.75 Å². The number of ether oxygens (including phenoxy) is 2. The quantitative estimate of drug-likeness (QED) is 0.801. The van der Waals surface area contributed by atoms with E-state index in [4.69, 9.17) is 4.74 Å². The topological polar surface area (TPSA) is 86.6 Å². The fourth-order valence-corrected chi connectivity index (χ4v) is 1.90. The maximum absolute atomic E-state index is 12.0. The van der Waals surface area contributed by atoms with Crippen molar-refractivity contribution in [2.24, 2.45) is 7.05 Å². The van der Waals surface area contributed by atoms with Gasteiger partial charge in [-0.25, -0.2) is 4.79 Å². The van der Waals surface area contributed by atoms with Crippen LogP contribution in [0.25, 0.3) is 0 Å². The number of amides is 2. The lowest BCUT2D eigenvalue weighted by Crippen LogP contribution is -2.34. The number of aromatic nitrogens is 1. The van der Waals surface area contributed by atoms with Gasteiger partial charge in [0.05, 0.1) is 0 Å². The van der Waals surface area contributed by atoms with E-state index in [0.717, 1.165) is 0 Å². The molecule has 132 valence electrons. The lowest BCUT2D eigenvalue weighted by atomic mass is 10.2. The van der Waals surface area contributed by atoms with Crippen molar-refractivity contribution < 1.29 is 32.6 Å². The molecule has 1 N–H and O–H groups in total. The van der Waals surface area contributed by atoms with Gasteiger partial charge in [0.1, 0.15) is 11.4 Å². The number of halogens is 2.